The second-order valence-corrected chi connectivity index (χ2v) is 6.93. The van der Waals surface area contributed by atoms with E-state index in [9.17, 15) is 8.42 Å². The Labute approximate surface area is 109 Å². The second-order valence-electron chi connectivity index (χ2n) is 4.55. The molecule has 2 atom stereocenters. The molecule has 0 spiro atoms. The van der Waals surface area contributed by atoms with Crippen molar-refractivity contribution in [1.29, 1.82) is 0 Å². The number of nitrogens with one attached hydrogen (secondary N) is 1. The van der Waals surface area contributed by atoms with Gasteiger partial charge in [-0.15, -0.1) is 5.10 Å². The highest BCUT2D eigenvalue weighted by molar-refractivity contribution is 9.10. The van der Waals surface area contributed by atoms with Gasteiger partial charge in [0.05, 0.1) is 0 Å². The number of aromatic nitrogens is 3. The van der Waals surface area contributed by atoms with Crippen LogP contribution in [0.1, 0.15) is 26.2 Å². The average Bonchev–Trinajstić information content (AvgIpc) is 2.73. The van der Waals surface area contributed by atoms with Crippen LogP contribution in [0.15, 0.2) is 9.63 Å². The molecule has 0 aliphatic heterocycles. The molecule has 1 saturated carbocycles. The van der Waals surface area contributed by atoms with Crippen LogP contribution in [0.5, 0.6) is 0 Å². The molecule has 6 nitrogen and oxygen atoms in total. The highest BCUT2D eigenvalue weighted by atomic mass is 79.9. The lowest BCUT2D eigenvalue weighted by Crippen LogP contribution is -2.34. The first-order chi connectivity index (χ1) is 7.90. The number of nitrogens with zero attached hydrogens (tertiary/aromatic N) is 3. The van der Waals surface area contributed by atoms with Crippen LogP contribution in [-0.2, 0) is 17.1 Å². The first kappa shape index (κ1) is 13.0. The van der Waals surface area contributed by atoms with E-state index >= 15 is 0 Å². The monoisotopic (exact) mass is 322 g/mol. The number of rotatable bonds is 3. The van der Waals surface area contributed by atoms with Gasteiger partial charge in [0.2, 0.25) is 5.03 Å². The molecule has 1 heterocycles. The molecule has 1 aliphatic rings. The zero-order chi connectivity index (χ0) is 12.6. The van der Waals surface area contributed by atoms with Gasteiger partial charge in [0.25, 0.3) is 10.0 Å². The third-order valence-electron chi connectivity index (χ3n) is 3.01. The second kappa shape index (κ2) is 4.66. The summed E-state index contributed by atoms with van der Waals surface area (Å²) in [5, 5.41) is 7.44. The van der Waals surface area contributed by atoms with Gasteiger partial charge in [-0.1, -0.05) is 12.1 Å². The topological polar surface area (TPSA) is 76.9 Å². The Morgan fingerprint density at radius 1 is 1.47 bits per heavy atom. The fraction of sp³-hybridized carbons (Fsp3) is 0.778. The Morgan fingerprint density at radius 3 is 2.65 bits per heavy atom. The van der Waals surface area contributed by atoms with Gasteiger partial charge in [0.1, 0.15) is 0 Å². The first-order valence-corrected chi connectivity index (χ1v) is 7.75. The molecule has 1 fully saturated rings. The fourth-order valence-electron chi connectivity index (χ4n) is 2.20. The van der Waals surface area contributed by atoms with Gasteiger partial charge in [-0.3, -0.25) is 0 Å². The first-order valence-electron chi connectivity index (χ1n) is 5.47. The van der Waals surface area contributed by atoms with Gasteiger partial charge in [-0.05, 0) is 41.1 Å². The number of aryl methyl sites for hydroxylation is 1. The normalized spacial score (nSPS) is 25.4. The SMILES string of the molecule is CC1CCC(NS(=O)(=O)c2c(Br)nnn2C)C1. The summed E-state index contributed by atoms with van der Waals surface area (Å²) in [6.07, 6.45) is 2.85. The average molecular weight is 323 g/mol. The maximum Gasteiger partial charge on any atom is 0.260 e. The van der Waals surface area contributed by atoms with Crippen LogP contribution in [0.2, 0.25) is 0 Å². The molecule has 1 aromatic heterocycles. The van der Waals surface area contributed by atoms with Gasteiger partial charge in [0, 0.05) is 13.1 Å². The van der Waals surface area contributed by atoms with Crippen molar-refractivity contribution < 1.29 is 8.42 Å². The smallest absolute Gasteiger partial charge is 0.235 e. The number of hydrogen-bond acceptors (Lipinski definition) is 4. The molecule has 1 aromatic rings. The Hall–Kier alpha value is -0.470. The van der Waals surface area contributed by atoms with Crippen molar-refractivity contribution >= 4 is 26.0 Å². The fourth-order valence-corrected chi connectivity index (χ4v) is 4.58. The lowest BCUT2D eigenvalue weighted by atomic mass is 10.1. The Bertz CT molecular complexity index is 494. The van der Waals surface area contributed by atoms with Gasteiger partial charge in [0.15, 0.2) is 4.60 Å². The lowest BCUT2D eigenvalue weighted by molar-refractivity contribution is 0.526. The standard InChI is InChI=1S/C9H15BrN4O2S/c1-6-3-4-7(5-6)12-17(15,16)9-8(10)11-13-14(9)2/h6-7,12H,3-5H2,1-2H3. The number of sulfonamides is 1. The summed E-state index contributed by atoms with van der Waals surface area (Å²) in [5.74, 6) is 0.579. The Balaban J connectivity index is 2.20. The third-order valence-corrected chi connectivity index (χ3v) is 5.42. The summed E-state index contributed by atoms with van der Waals surface area (Å²) >= 11 is 3.10. The summed E-state index contributed by atoms with van der Waals surface area (Å²) < 4.78 is 28.5. The molecule has 0 amide bonds. The minimum absolute atomic E-state index is 0.0248. The van der Waals surface area contributed by atoms with Crippen molar-refractivity contribution in [3.63, 3.8) is 0 Å². The summed E-state index contributed by atoms with van der Waals surface area (Å²) in [6.45, 7) is 2.13. The summed E-state index contributed by atoms with van der Waals surface area (Å²) in [4.78, 5) is 0. The molecule has 0 saturated heterocycles. The van der Waals surface area contributed by atoms with E-state index < -0.39 is 10.0 Å². The Kier molecular flexibility index (Phi) is 3.55. The molecule has 0 radical (unpaired) electrons. The van der Waals surface area contributed by atoms with E-state index in [1.54, 1.807) is 7.05 Å². The molecule has 8 heteroatoms. The van der Waals surface area contributed by atoms with E-state index in [0.29, 0.717) is 5.92 Å². The van der Waals surface area contributed by atoms with Gasteiger partial charge >= 0.3 is 0 Å². The predicted octanol–water partition coefficient (Wildman–Crippen LogP) is 1.04. The zero-order valence-electron chi connectivity index (χ0n) is 9.72. The van der Waals surface area contributed by atoms with Crippen LogP contribution >= 0.6 is 15.9 Å². The van der Waals surface area contributed by atoms with E-state index in [0.717, 1.165) is 19.3 Å². The molecule has 96 valence electrons. The van der Waals surface area contributed by atoms with E-state index in [-0.39, 0.29) is 15.7 Å². The van der Waals surface area contributed by atoms with Crippen LogP contribution in [0.25, 0.3) is 0 Å². The molecule has 17 heavy (non-hydrogen) atoms. The zero-order valence-corrected chi connectivity index (χ0v) is 12.1. The van der Waals surface area contributed by atoms with Gasteiger partial charge in [-0.2, -0.15) is 0 Å². The molecule has 0 aromatic carbocycles. The molecular formula is C9H15BrN4O2S. The van der Waals surface area contributed by atoms with Crippen molar-refractivity contribution in [3.8, 4) is 0 Å². The maximum atomic E-state index is 12.2. The minimum atomic E-state index is -3.54. The van der Waals surface area contributed by atoms with Crippen LogP contribution < -0.4 is 4.72 Å². The van der Waals surface area contributed by atoms with E-state index in [1.807, 2.05) is 0 Å². The quantitative estimate of drug-likeness (QED) is 0.902. The van der Waals surface area contributed by atoms with E-state index in [1.165, 1.54) is 4.68 Å². The van der Waals surface area contributed by atoms with Gasteiger partial charge in [-0.25, -0.2) is 17.8 Å². The molecule has 1 aliphatic carbocycles. The van der Waals surface area contributed by atoms with Gasteiger partial charge < -0.3 is 0 Å². The van der Waals surface area contributed by atoms with E-state index in [4.69, 9.17) is 0 Å². The minimum Gasteiger partial charge on any atom is -0.235 e. The maximum absolute atomic E-state index is 12.2. The van der Waals surface area contributed by atoms with Crippen molar-refractivity contribution in [2.45, 2.75) is 37.3 Å². The number of hydrogen-bond donors (Lipinski definition) is 1. The Morgan fingerprint density at radius 2 is 2.18 bits per heavy atom. The van der Waals surface area contributed by atoms with Crippen LogP contribution in [-0.4, -0.2) is 29.5 Å². The van der Waals surface area contributed by atoms with Crippen LogP contribution in [0, 0.1) is 5.92 Å². The van der Waals surface area contributed by atoms with Crippen molar-refractivity contribution in [3.05, 3.63) is 4.60 Å². The molecule has 0 bridgehead atoms. The molecule has 1 N–H and O–H groups in total. The van der Waals surface area contributed by atoms with Crippen LogP contribution in [0.3, 0.4) is 0 Å². The third kappa shape index (κ3) is 2.69. The molecular weight excluding hydrogens is 308 g/mol. The van der Waals surface area contributed by atoms with Crippen molar-refractivity contribution in [1.82, 2.24) is 19.7 Å². The summed E-state index contributed by atoms with van der Waals surface area (Å²) in [7, 11) is -1.98. The molecule has 2 rings (SSSR count). The molecule has 2 unspecified atom stereocenters. The highest BCUT2D eigenvalue weighted by Gasteiger charge is 2.30. The highest BCUT2D eigenvalue weighted by Crippen LogP contribution is 2.26. The van der Waals surface area contributed by atoms with Crippen molar-refractivity contribution in [2.75, 3.05) is 0 Å². The largest absolute Gasteiger partial charge is 0.260 e. The summed E-state index contributed by atoms with van der Waals surface area (Å²) in [6, 6.07) is 0.0248. The number of halogens is 1. The van der Waals surface area contributed by atoms with E-state index in [2.05, 4.69) is 37.9 Å². The lowest BCUT2D eigenvalue weighted by Gasteiger charge is -2.12. The van der Waals surface area contributed by atoms with Crippen molar-refractivity contribution in [2.24, 2.45) is 13.0 Å². The summed E-state index contributed by atoms with van der Waals surface area (Å²) in [5.41, 5.74) is 0. The van der Waals surface area contributed by atoms with Crippen LogP contribution in [0.4, 0.5) is 0 Å². The predicted molar refractivity (Wildman–Crippen MR) is 65.8 cm³/mol.